The Morgan fingerprint density at radius 1 is 1.28 bits per heavy atom. The fraction of sp³-hybridized carbons (Fsp3) is 0.400. The second kappa shape index (κ2) is 7.00. The average Bonchev–Trinajstić information content (AvgIpc) is 3.37. The van der Waals surface area contributed by atoms with Gasteiger partial charge in [-0.15, -0.1) is 0 Å². The highest BCUT2D eigenvalue weighted by molar-refractivity contribution is 5.83. The highest BCUT2D eigenvalue weighted by Crippen LogP contribution is 2.40. The number of β-amino-alcohol motifs (C(OH)–C–C–N with tert-alkyl or cyclic N) is 1. The monoisotopic (exact) mass is 394 g/mol. The van der Waals surface area contributed by atoms with Gasteiger partial charge in [-0.1, -0.05) is 6.07 Å². The van der Waals surface area contributed by atoms with Crippen molar-refractivity contribution >= 4 is 23.4 Å². The number of pyridine rings is 1. The van der Waals surface area contributed by atoms with Gasteiger partial charge in [0.2, 0.25) is 0 Å². The molecular weight excluding hydrogens is 372 g/mol. The molecule has 0 bridgehead atoms. The smallest absolute Gasteiger partial charge is 0.412 e. The normalized spacial score (nSPS) is 21.5. The zero-order chi connectivity index (χ0) is 20.0. The fourth-order valence-corrected chi connectivity index (χ4v) is 3.92. The molecule has 150 valence electrons. The van der Waals surface area contributed by atoms with Crippen LogP contribution >= 0.6 is 0 Å². The van der Waals surface area contributed by atoms with Crippen LogP contribution in [-0.4, -0.2) is 50.3 Å². The minimum atomic E-state index is -0.598. The molecule has 9 nitrogen and oxygen atoms in total. The van der Waals surface area contributed by atoms with Gasteiger partial charge in [0.25, 0.3) is 0 Å². The van der Waals surface area contributed by atoms with Crippen molar-refractivity contribution < 1.29 is 14.6 Å². The predicted octanol–water partition coefficient (Wildman–Crippen LogP) is 2.49. The van der Waals surface area contributed by atoms with Crippen LogP contribution in [-0.2, 0) is 4.74 Å². The highest BCUT2D eigenvalue weighted by atomic mass is 16.5. The van der Waals surface area contributed by atoms with Crippen molar-refractivity contribution in [3.63, 3.8) is 0 Å². The van der Waals surface area contributed by atoms with Crippen molar-refractivity contribution in [2.24, 2.45) is 0 Å². The Morgan fingerprint density at radius 3 is 2.93 bits per heavy atom. The van der Waals surface area contributed by atoms with Gasteiger partial charge in [-0.25, -0.2) is 19.7 Å². The Kier molecular flexibility index (Phi) is 4.31. The number of ether oxygens (including phenoxy) is 1. The largest absolute Gasteiger partial charge is 0.453 e. The van der Waals surface area contributed by atoms with E-state index in [1.807, 2.05) is 11.1 Å². The summed E-state index contributed by atoms with van der Waals surface area (Å²) in [5, 5.41) is 12.9. The number of aliphatic hydroxyl groups is 1. The maximum atomic E-state index is 11.5. The molecule has 2 fully saturated rings. The molecular formula is C20H22N6O3. The highest BCUT2D eigenvalue weighted by Gasteiger charge is 2.35. The van der Waals surface area contributed by atoms with Crippen molar-refractivity contribution in [3.05, 3.63) is 48.2 Å². The number of methoxy groups -OCH3 is 1. The lowest BCUT2D eigenvalue weighted by atomic mass is 10.1. The van der Waals surface area contributed by atoms with Crippen molar-refractivity contribution in [1.82, 2.24) is 19.4 Å². The van der Waals surface area contributed by atoms with E-state index >= 15 is 0 Å². The molecule has 2 N–H and O–H groups in total. The van der Waals surface area contributed by atoms with Gasteiger partial charge >= 0.3 is 6.09 Å². The summed E-state index contributed by atoms with van der Waals surface area (Å²) >= 11 is 0. The number of nitrogens with zero attached hydrogens (tertiary/aromatic N) is 5. The molecule has 1 aliphatic carbocycles. The Bertz CT molecular complexity index is 1060. The molecule has 4 heterocycles. The molecule has 2 aliphatic rings. The number of anilines is 2. The number of carbonyl (C=O) groups excluding carboxylic acids is 1. The van der Waals surface area contributed by atoms with Crippen LogP contribution in [0.15, 0.2) is 36.9 Å². The van der Waals surface area contributed by atoms with Crippen LogP contribution in [0.2, 0.25) is 0 Å². The molecule has 9 heteroatoms. The van der Waals surface area contributed by atoms with Gasteiger partial charge in [-0.3, -0.25) is 5.32 Å². The molecule has 1 saturated heterocycles. The van der Waals surface area contributed by atoms with Crippen LogP contribution in [0.1, 0.15) is 42.5 Å². The first kappa shape index (κ1) is 17.9. The molecule has 2 atom stereocenters. The molecule has 0 unspecified atom stereocenters. The van der Waals surface area contributed by atoms with Crippen LogP contribution in [0.3, 0.4) is 0 Å². The minimum Gasteiger partial charge on any atom is -0.453 e. The van der Waals surface area contributed by atoms with Crippen LogP contribution < -0.4 is 10.2 Å². The van der Waals surface area contributed by atoms with Crippen LogP contribution in [0.25, 0.3) is 5.65 Å². The lowest BCUT2D eigenvalue weighted by Crippen LogP contribution is -2.25. The van der Waals surface area contributed by atoms with Gasteiger partial charge in [-0.2, -0.15) is 0 Å². The van der Waals surface area contributed by atoms with E-state index < -0.39 is 12.2 Å². The minimum absolute atomic E-state index is 0.116. The van der Waals surface area contributed by atoms with Gasteiger partial charge in [0, 0.05) is 31.4 Å². The van der Waals surface area contributed by atoms with E-state index in [2.05, 4.69) is 42.8 Å². The summed E-state index contributed by atoms with van der Waals surface area (Å²) in [6, 6.07) is 5.76. The molecule has 29 heavy (non-hydrogen) atoms. The Labute approximate surface area is 167 Å². The number of rotatable bonds is 4. The van der Waals surface area contributed by atoms with Crippen LogP contribution in [0.4, 0.5) is 16.4 Å². The number of imidazole rings is 1. The van der Waals surface area contributed by atoms with Crippen LogP contribution in [0.5, 0.6) is 0 Å². The summed E-state index contributed by atoms with van der Waals surface area (Å²) < 4.78 is 6.68. The van der Waals surface area contributed by atoms with E-state index in [-0.39, 0.29) is 6.04 Å². The summed E-state index contributed by atoms with van der Waals surface area (Å²) in [5.41, 5.74) is 3.12. The molecule has 1 saturated carbocycles. The third-order valence-electron chi connectivity index (χ3n) is 5.52. The first-order valence-corrected chi connectivity index (χ1v) is 9.71. The number of fused-ring (bicyclic) bond motifs is 1. The van der Waals surface area contributed by atoms with E-state index in [9.17, 15) is 9.90 Å². The Balaban J connectivity index is 1.45. The number of nitrogens with one attached hydrogen (secondary N) is 1. The molecule has 0 radical (unpaired) electrons. The summed E-state index contributed by atoms with van der Waals surface area (Å²) in [4.78, 5) is 26.6. The van der Waals surface area contributed by atoms with Crippen molar-refractivity contribution in [2.45, 2.75) is 37.3 Å². The molecule has 0 aromatic carbocycles. The SMILES string of the molecule is COC(=O)Nc1cc(N2C[C@@H](O)C[C@@H]2c2cn3cc(C4CC4)ccc3n2)ncn1. The topological polar surface area (TPSA) is 105 Å². The van der Waals surface area contributed by atoms with Crippen molar-refractivity contribution in [1.29, 1.82) is 0 Å². The summed E-state index contributed by atoms with van der Waals surface area (Å²) in [6.45, 7) is 0.431. The fourth-order valence-electron chi connectivity index (χ4n) is 3.92. The van der Waals surface area contributed by atoms with Gasteiger partial charge in [0.15, 0.2) is 0 Å². The van der Waals surface area contributed by atoms with E-state index in [0.717, 1.165) is 11.3 Å². The standard InChI is InChI=1S/C20H22N6O3/c1-29-20(28)24-17-7-19(22-11-21-17)26-9-14(27)6-16(26)15-10-25-8-13(12-2-3-12)4-5-18(25)23-15/h4-5,7-8,10-12,14,16,27H,2-3,6,9H2,1H3,(H,21,22,24,28)/t14-,16+/m0/s1. The van der Waals surface area contributed by atoms with E-state index in [1.165, 1.54) is 31.8 Å². The number of hydrogen-bond donors (Lipinski definition) is 2. The maximum Gasteiger partial charge on any atom is 0.412 e. The van der Waals surface area contributed by atoms with Crippen LogP contribution in [0, 0.1) is 0 Å². The lowest BCUT2D eigenvalue weighted by Gasteiger charge is -2.24. The van der Waals surface area contributed by atoms with E-state index in [0.29, 0.717) is 30.5 Å². The number of amides is 1. The van der Waals surface area contributed by atoms with Gasteiger partial charge in [0.1, 0.15) is 23.6 Å². The first-order chi connectivity index (χ1) is 14.1. The zero-order valence-corrected chi connectivity index (χ0v) is 16.0. The average molecular weight is 394 g/mol. The lowest BCUT2D eigenvalue weighted by molar-refractivity contribution is 0.186. The van der Waals surface area contributed by atoms with E-state index in [4.69, 9.17) is 4.98 Å². The molecule has 3 aromatic heterocycles. The molecule has 3 aromatic rings. The molecule has 0 spiro atoms. The van der Waals surface area contributed by atoms with Crippen molar-refractivity contribution in [3.8, 4) is 0 Å². The first-order valence-electron chi connectivity index (χ1n) is 9.71. The maximum absolute atomic E-state index is 11.5. The number of aromatic nitrogens is 4. The Hall–Kier alpha value is -3.20. The third-order valence-corrected chi connectivity index (χ3v) is 5.52. The number of hydrogen-bond acceptors (Lipinski definition) is 7. The predicted molar refractivity (Wildman–Crippen MR) is 106 cm³/mol. The molecule has 1 amide bonds. The second-order valence-corrected chi connectivity index (χ2v) is 7.60. The van der Waals surface area contributed by atoms with Crippen molar-refractivity contribution in [2.75, 3.05) is 23.9 Å². The number of aliphatic hydroxyl groups excluding tert-OH is 1. The third kappa shape index (κ3) is 3.49. The number of carbonyl (C=O) groups is 1. The zero-order valence-electron chi connectivity index (χ0n) is 16.0. The molecule has 5 rings (SSSR count). The van der Waals surface area contributed by atoms with Gasteiger partial charge < -0.3 is 19.1 Å². The summed E-state index contributed by atoms with van der Waals surface area (Å²) in [5.74, 6) is 1.63. The Morgan fingerprint density at radius 2 is 2.14 bits per heavy atom. The van der Waals surface area contributed by atoms with Gasteiger partial charge in [-0.05, 0) is 30.4 Å². The second-order valence-electron chi connectivity index (χ2n) is 7.60. The van der Waals surface area contributed by atoms with Gasteiger partial charge in [0.05, 0.1) is 24.9 Å². The summed E-state index contributed by atoms with van der Waals surface area (Å²) in [7, 11) is 1.29. The quantitative estimate of drug-likeness (QED) is 0.700. The van der Waals surface area contributed by atoms with E-state index in [1.54, 1.807) is 6.07 Å². The molecule has 1 aliphatic heterocycles. The summed E-state index contributed by atoms with van der Waals surface area (Å²) in [6.07, 6.45) is 7.56.